The van der Waals surface area contributed by atoms with Crippen LogP contribution in [0.15, 0.2) is 176 Å². The zero-order valence-corrected chi connectivity index (χ0v) is 32.0. The van der Waals surface area contributed by atoms with E-state index in [1.54, 1.807) is 0 Å². The van der Waals surface area contributed by atoms with E-state index in [9.17, 15) is 0 Å². The maximum Gasteiger partial charge on any atom is 2.00 e. The average molecular weight is 711 g/mol. The Morgan fingerprint density at radius 1 is 0.440 bits per heavy atom. The van der Waals surface area contributed by atoms with E-state index in [0.717, 1.165) is 0 Å². The monoisotopic (exact) mass is 710 g/mol. The summed E-state index contributed by atoms with van der Waals surface area (Å²) in [5.74, 6) is 0. The summed E-state index contributed by atoms with van der Waals surface area (Å²) >= 11 is 0. The van der Waals surface area contributed by atoms with Crippen LogP contribution < -0.4 is 5.30 Å². The first-order valence-corrected chi connectivity index (χ1v) is 18.6. The quantitative estimate of drug-likeness (QED) is 0.0916. The fourth-order valence-corrected chi connectivity index (χ4v) is 11.6. The minimum atomic E-state index is -0.603. The number of rotatable bonds is 6. The summed E-state index contributed by atoms with van der Waals surface area (Å²) in [6.45, 7) is 14.6. The van der Waals surface area contributed by atoms with Crippen LogP contribution in [0.1, 0.15) is 41.5 Å². The van der Waals surface area contributed by atoms with Gasteiger partial charge in [-0.3, -0.25) is 0 Å². The Morgan fingerprint density at radius 2 is 0.840 bits per heavy atom. The van der Waals surface area contributed by atoms with Gasteiger partial charge in [0.05, 0.1) is 0 Å². The molecule has 0 atom stereocenters. The maximum atomic E-state index is 2.44. The molecule has 0 saturated heterocycles. The van der Waals surface area contributed by atoms with Gasteiger partial charge in [-0.15, -0.1) is 23.8 Å². The summed E-state index contributed by atoms with van der Waals surface area (Å²) in [5, 5.41) is 1.74. The van der Waals surface area contributed by atoms with Crippen LogP contribution in [0, 0.1) is 0 Å². The fourth-order valence-electron chi connectivity index (χ4n) is 7.27. The van der Waals surface area contributed by atoms with Crippen LogP contribution in [-0.2, 0) is 17.1 Å². The van der Waals surface area contributed by atoms with Crippen molar-refractivity contribution in [3.63, 3.8) is 0 Å². The Bertz CT molecular complexity index is 1910. The van der Waals surface area contributed by atoms with Gasteiger partial charge in [0.25, 0.3) is 0 Å². The molecule has 7 rings (SSSR count). The molecule has 0 N–H and O–H groups in total. The number of benzene rings is 5. The van der Waals surface area contributed by atoms with Gasteiger partial charge in [-0.1, -0.05) is 239 Å². The molecular weight excluding hydrogens is 663 g/mol. The van der Waals surface area contributed by atoms with E-state index in [0.29, 0.717) is 0 Å². The number of hydrogen-bond acceptors (Lipinski definition) is 0. The Hall–Kier alpha value is -4.25. The van der Waals surface area contributed by atoms with E-state index < -0.39 is 7.92 Å². The Labute approximate surface area is 312 Å². The largest absolute Gasteiger partial charge is 2.00 e. The molecule has 7 aromatic rings. The molecule has 0 fully saturated rings. The molecule has 0 nitrogen and oxygen atoms in total. The van der Waals surface area contributed by atoms with Crippen molar-refractivity contribution >= 4 is 13.2 Å². The van der Waals surface area contributed by atoms with Crippen molar-refractivity contribution in [2.75, 3.05) is 0 Å². The van der Waals surface area contributed by atoms with Crippen molar-refractivity contribution < 1.29 is 17.1 Å². The van der Waals surface area contributed by atoms with E-state index in [4.69, 9.17) is 0 Å². The van der Waals surface area contributed by atoms with Crippen molar-refractivity contribution in [2.45, 2.75) is 51.9 Å². The van der Waals surface area contributed by atoms with Gasteiger partial charge in [0, 0.05) is 0 Å². The molecule has 0 aliphatic heterocycles. The van der Waals surface area contributed by atoms with Gasteiger partial charge in [0.15, 0.2) is 0 Å². The predicted molar refractivity (Wildman–Crippen MR) is 217 cm³/mol. The third-order valence-electron chi connectivity index (χ3n) is 8.81. The van der Waals surface area contributed by atoms with Gasteiger partial charge in [-0.2, -0.15) is 23.8 Å². The molecule has 0 radical (unpaired) electrons. The number of hydrogen-bond donors (Lipinski definition) is 0. The molecule has 50 heavy (non-hydrogen) atoms. The molecule has 0 unspecified atom stereocenters. The van der Waals surface area contributed by atoms with E-state index >= 15 is 0 Å². The molecular formula is C48H47FeP. The molecule has 0 amide bonds. The van der Waals surface area contributed by atoms with E-state index in [-0.39, 0.29) is 27.4 Å². The van der Waals surface area contributed by atoms with Crippen LogP contribution in [0.3, 0.4) is 0 Å². The second kappa shape index (κ2) is 16.2. The smallest absolute Gasteiger partial charge is 0.176 e. The van der Waals surface area contributed by atoms with Crippen LogP contribution in [0.5, 0.6) is 0 Å². The van der Waals surface area contributed by atoms with Gasteiger partial charge in [-0.25, -0.2) is 0 Å². The predicted octanol–water partition coefficient (Wildman–Crippen LogP) is 13.8. The van der Waals surface area contributed by atoms with E-state index in [1.807, 2.05) is 6.07 Å². The zero-order valence-electron chi connectivity index (χ0n) is 30.0. The van der Waals surface area contributed by atoms with Crippen molar-refractivity contribution in [1.82, 2.24) is 0 Å². The molecule has 252 valence electrons. The zero-order chi connectivity index (χ0) is 34.4. The third-order valence-corrected chi connectivity index (χ3v) is 12.4. The van der Waals surface area contributed by atoms with Crippen molar-refractivity contribution in [2.24, 2.45) is 0 Å². The average Bonchev–Trinajstić information content (AvgIpc) is 3.77. The van der Waals surface area contributed by atoms with E-state index in [1.165, 1.54) is 60.9 Å². The van der Waals surface area contributed by atoms with Crippen molar-refractivity contribution in [1.29, 1.82) is 0 Å². The molecule has 0 bridgehead atoms. The summed E-state index contributed by atoms with van der Waals surface area (Å²) in [4.78, 5) is 0. The summed E-state index contributed by atoms with van der Waals surface area (Å²) in [6.07, 6.45) is 0. The minimum absolute atomic E-state index is 0. The Morgan fingerprint density at radius 3 is 1.26 bits per heavy atom. The van der Waals surface area contributed by atoms with Gasteiger partial charge in [0.2, 0.25) is 0 Å². The van der Waals surface area contributed by atoms with Crippen LogP contribution in [0.4, 0.5) is 0 Å². The Kier molecular flexibility index (Phi) is 12.0. The molecule has 2 heteroatoms. The first-order valence-electron chi connectivity index (χ1n) is 17.3. The standard InChI is InChI=1S/C37H38P.C11H9.Fe/c1-36(2,3)38(37(4,5)6)35-33(29-23-15-9-16-24-29)31(27-19-11-7-12-20-27)32(28-21-13-8-14-22-28)34(35)30-25-17-10-18-26-30;1-2-6-10(7-3-1)11-8-4-5-9-11;/h7-26H,1-6H3;1-9H;/q2*-1;+2. The minimum Gasteiger partial charge on any atom is -0.176 e. The maximum absolute atomic E-state index is 2.44. The Balaban J connectivity index is 0.000000343. The molecule has 0 aliphatic carbocycles. The molecule has 7 aromatic carbocycles. The summed E-state index contributed by atoms with van der Waals surface area (Å²) in [6, 6.07) is 63.0. The van der Waals surface area contributed by atoms with Crippen molar-refractivity contribution in [3.05, 3.63) is 176 Å². The summed E-state index contributed by atoms with van der Waals surface area (Å²) in [7, 11) is -0.603. The topological polar surface area (TPSA) is 0 Å². The normalized spacial score (nSPS) is 11.4. The molecule has 0 spiro atoms. The first-order chi connectivity index (χ1) is 23.6. The van der Waals surface area contributed by atoms with E-state index in [2.05, 4.69) is 211 Å². The van der Waals surface area contributed by atoms with Crippen LogP contribution in [0.25, 0.3) is 55.6 Å². The van der Waals surface area contributed by atoms with Gasteiger partial charge >= 0.3 is 17.1 Å². The van der Waals surface area contributed by atoms with Crippen LogP contribution >= 0.6 is 7.92 Å². The first kappa shape index (κ1) is 37.0. The van der Waals surface area contributed by atoms with Gasteiger partial charge in [-0.05, 0) is 10.3 Å². The van der Waals surface area contributed by atoms with Gasteiger partial charge in [0.1, 0.15) is 0 Å². The second-order valence-electron chi connectivity index (χ2n) is 14.5. The SMILES string of the molecule is CC(C)(C)P(c1c(-c2ccccc2)c(-c2ccccc2)c(-c2ccccc2)[c-]1-c1ccccc1)C(C)(C)C.[Fe+2].c1ccc(-c2ccc[cH-]2)cc1. The third kappa shape index (κ3) is 8.20. The molecule has 0 aromatic heterocycles. The molecule has 0 saturated carbocycles. The molecule has 0 aliphatic rings. The molecule has 0 heterocycles. The van der Waals surface area contributed by atoms with Crippen molar-refractivity contribution in [3.8, 4) is 55.6 Å². The summed E-state index contributed by atoms with van der Waals surface area (Å²) < 4.78 is 0. The van der Waals surface area contributed by atoms with Crippen LogP contribution in [-0.4, -0.2) is 10.3 Å². The van der Waals surface area contributed by atoms with Gasteiger partial charge < -0.3 is 0 Å². The fraction of sp³-hybridized carbons (Fsp3) is 0.167. The summed E-state index contributed by atoms with van der Waals surface area (Å²) in [5.41, 5.74) is 13.2. The second-order valence-corrected chi connectivity index (χ2v) is 18.3. The van der Waals surface area contributed by atoms with Crippen LogP contribution in [0.2, 0.25) is 0 Å².